The fraction of sp³-hybridized carbons (Fsp3) is 0.636. The van der Waals surface area contributed by atoms with Crippen molar-refractivity contribution in [1.82, 2.24) is 0 Å². The molecule has 0 amide bonds. The summed E-state index contributed by atoms with van der Waals surface area (Å²) in [6.45, 7) is 25.1. The molecule has 27 heavy (non-hydrogen) atoms. The standard InChI is InChI=1S/2C11H19Si.2ClH.Zr/c2*1-11(2,3)12(4,5)10-8-6-7-9-10;;;/h2*6,8H,7H2,1-5H3;2*1H;. The molecule has 0 spiro atoms. The molecule has 0 N–H and O–H groups in total. The molecule has 0 saturated heterocycles. The van der Waals surface area contributed by atoms with Crippen LogP contribution in [0.1, 0.15) is 54.4 Å². The van der Waals surface area contributed by atoms with E-state index < -0.39 is 39.4 Å². The van der Waals surface area contributed by atoms with Crippen LogP contribution in [0.4, 0.5) is 0 Å². The molecular formula is C22H40Cl2Si2Zr. The monoisotopic (exact) mass is 520 g/mol. The molecule has 0 heterocycles. The Morgan fingerprint density at radius 2 is 0.963 bits per heavy atom. The number of halogens is 2. The summed E-state index contributed by atoms with van der Waals surface area (Å²) in [7, 11) is -2.82. The molecule has 0 aromatic heterocycles. The van der Waals surface area contributed by atoms with Crippen molar-refractivity contribution in [2.45, 2.75) is 90.6 Å². The Kier molecular flexibility index (Phi) is 9.63. The smallest absolute Gasteiger partial charge is 0.147 e. The molecule has 2 aliphatic carbocycles. The predicted octanol–water partition coefficient (Wildman–Crippen LogP) is 8.44. The second-order valence-corrected chi connectivity index (χ2v) is 25.0. The van der Waals surface area contributed by atoms with Gasteiger partial charge in [0.2, 0.25) is 0 Å². The van der Waals surface area contributed by atoms with Crippen molar-refractivity contribution in [3.05, 3.63) is 41.3 Å². The van der Waals surface area contributed by atoms with Crippen LogP contribution in [-0.2, 0) is 23.2 Å². The summed E-state index contributed by atoms with van der Waals surface area (Å²) in [6.07, 6.45) is 12.5. The molecular weight excluding hydrogens is 483 g/mol. The first kappa shape index (κ1) is 27.9. The maximum atomic E-state index is 2.59. The first-order valence-corrected chi connectivity index (χ1v) is 18.2. The van der Waals surface area contributed by atoms with Crippen LogP contribution in [0.15, 0.2) is 41.3 Å². The molecule has 154 valence electrons. The summed E-state index contributed by atoms with van der Waals surface area (Å²) in [5.74, 6) is 0. The summed E-state index contributed by atoms with van der Waals surface area (Å²) in [5, 5.41) is 4.49. The SMILES string of the molecule is CC(C)(C)[Si](C)(C)C1=[C]([Zr][C]2=C([Si](C)(C)C(C)(C)C)C=CC2)CC=C1.Cl.Cl. The van der Waals surface area contributed by atoms with Gasteiger partial charge in [0.25, 0.3) is 0 Å². The van der Waals surface area contributed by atoms with E-state index in [1.807, 2.05) is 6.56 Å². The molecule has 0 fully saturated rings. The van der Waals surface area contributed by atoms with Gasteiger partial charge in [0.15, 0.2) is 0 Å². The van der Waals surface area contributed by atoms with E-state index >= 15 is 0 Å². The molecule has 0 aromatic rings. The topological polar surface area (TPSA) is 0 Å². The van der Waals surface area contributed by atoms with Crippen molar-refractivity contribution in [2.24, 2.45) is 0 Å². The fourth-order valence-corrected chi connectivity index (χ4v) is 16.2. The van der Waals surface area contributed by atoms with Crippen molar-refractivity contribution >= 4 is 41.0 Å². The summed E-state index contributed by atoms with van der Waals surface area (Å²) in [5.41, 5.74) is 0. The zero-order valence-electron chi connectivity index (χ0n) is 19.0. The molecule has 0 bridgehead atoms. The summed E-state index contributed by atoms with van der Waals surface area (Å²) in [6, 6.07) is 0. The zero-order chi connectivity index (χ0) is 19.3. The van der Waals surface area contributed by atoms with Gasteiger partial charge in [0, 0.05) is 0 Å². The van der Waals surface area contributed by atoms with Crippen LogP contribution in [0.2, 0.25) is 36.3 Å². The third kappa shape index (κ3) is 5.51. The molecule has 2 rings (SSSR count). The van der Waals surface area contributed by atoms with Gasteiger partial charge in [-0.3, -0.25) is 0 Å². The van der Waals surface area contributed by atoms with Crippen LogP contribution < -0.4 is 0 Å². The third-order valence-corrected chi connectivity index (χ3v) is 23.4. The van der Waals surface area contributed by atoms with Gasteiger partial charge in [-0.25, -0.2) is 0 Å². The van der Waals surface area contributed by atoms with Gasteiger partial charge in [-0.1, -0.05) is 0 Å². The molecule has 0 saturated carbocycles. The third-order valence-electron chi connectivity index (χ3n) is 7.26. The van der Waals surface area contributed by atoms with Gasteiger partial charge in [-0.15, -0.1) is 24.8 Å². The Hall–Kier alpha value is 0.857. The Bertz CT molecular complexity index is 611. The van der Waals surface area contributed by atoms with Crippen molar-refractivity contribution in [3.63, 3.8) is 0 Å². The van der Waals surface area contributed by atoms with Crippen molar-refractivity contribution in [2.75, 3.05) is 0 Å². The summed E-state index contributed by atoms with van der Waals surface area (Å²) >= 11 is -0.642. The van der Waals surface area contributed by atoms with Gasteiger partial charge in [-0.05, 0) is 0 Å². The predicted molar refractivity (Wildman–Crippen MR) is 130 cm³/mol. The first-order valence-electron chi connectivity index (χ1n) is 9.77. The molecule has 0 aliphatic heterocycles. The van der Waals surface area contributed by atoms with E-state index in [0.717, 1.165) is 0 Å². The van der Waals surface area contributed by atoms with E-state index in [4.69, 9.17) is 0 Å². The van der Waals surface area contributed by atoms with Crippen molar-refractivity contribution in [3.8, 4) is 0 Å². The maximum absolute atomic E-state index is 2.59. The van der Waals surface area contributed by atoms with E-state index in [1.165, 1.54) is 12.8 Å². The average molecular weight is 523 g/mol. The van der Waals surface area contributed by atoms with E-state index in [0.29, 0.717) is 10.1 Å². The number of hydrogen-bond acceptors (Lipinski definition) is 0. The molecule has 5 heteroatoms. The number of rotatable bonds is 4. The zero-order valence-corrected chi connectivity index (χ0v) is 25.1. The van der Waals surface area contributed by atoms with Crippen LogP contribution in [0, 0.1) is 0 Å². The van der Waals surface area contributed by atoms with E-state index in [9.17, 15) is 0 Å². The second-order valence-electron chi connectivity index (χ2n) is 10.9. The Balaban J connectivity index is 0.00000338. The van der Waals surface area contributed by atoms with Gasteiger partial charge in [0.05, 0.1) is 0 Å². The van der Waals surface area contributed by atoms with Crippen molar-refractivity contribution < 1.29 is 23.2 Å². The van der Waals surface area contributed by atoms with Crippen LogP contribution in [0.5, 0.6) is 0 Å². The fourth-order valence-electron chi connectivity index (χ4n) is 3.41. The average Bonchev–Trinajstić information content (AvgIpc) is 3.05. The van der Waals surface area contributed by atoms with Gasteiger partial charge >= 0.3 is 171 Å². The molecule has 0 radical (unpaired) electrons. The summed E-state index contributed by atoms with van der Waals surface area (Å²) < 4.78 is 3.79. The van der Waals surface area contributed by atoms with Gasteiger partial charge in [0.1, 0.15) is 0 Å². The minimum Gasteiger partial charge on any atom is -0.147 e. The summed E-state index contributed by atoms with van der Waals surface area (Å²) in [4.78, 5) is 0. The molecule has 0 nitrogen and oxygen atoms in total. The Labute approximate surface area is 194 Å². The minimum absolute atomic E-state index is 0. The van der Waals surface area contributed by atoms with Crippen LogP contribution in [0.25, 0.3) is 0 Å². The second kappa shape index (κ2) is 9.34. The molecule has 0 aromatic carbocycles. The van der Waals surface area contributed by atoms with Crippen LogP contribution >= 0.6 is 24.8 Å². The van der Waals surface area contributed by atoms with Gasteiger partial charge < -0.3 is 0 Å². The molecule has 2 aliphatic rings. The van der Waals surface area contributed by atoms with E-state index in [1.54, 1.807) is 10.4 Å². The minimum atomic E-state index is -1.41. The van der Waals surface area contributed by atoms with Crippen LogP contribution in [-0.4, -0.2) is 16.1 Å². The van der Waals surface area contributed by atoms with E-state index in [-0.39, 0.29) is 24.8 Å². The van der Waals surface area contributed by atoms with Crippen LogP contribution in [0.3, 0.4) is 0 Å². The Morgan fingerprint density at radius 3 is 1.22 bits per heavy atom. The molecule has 0 unspecified atom stereocenters. The largest absolute Gasteiger partial charge is 0.147 e. The molecule has 0 atom stereocenters. The van der Waals surface area contributed by atoms with Crippen molar-refractivity contribution in [1.29, 1.82) is 0 Å². The Morgan fingerprint density at radius 1 is 0.667 bits per heavy atom. The first-order chi connectivity index (χ1) is 11.2. The number of allylic oxidation sites excluding steroid dienone is 8. The van der Waals surface area contributed by atoms with E-state index in [2.05, 4.69) is 92.0 Å². The number of hydrogen-bond donors (Lipinski definition) is 0. The van der Waals surface area contributed by atoms with Gasteiger partial charge in [-0.2, -0.15) is 0 Å². The normalized spacial score (nSPS) is 18.0. The quantitative estimate of drug-likeness (QED) is 0.325. The maximum Gasteiger partial charge on any atom is -0.147 e.